The number of nitrogens with one attached hydrogen (secondary N) is 2. The topological polar surface area (TPSA) is 41.1 Å². The summed E-state index contributed by atoms with van der Waals surface area (Å²) in [4.78, 5) is 11.9. The molecular formula is C13H16ClFN2O. The van der Waals surface area contributed by atoms with Gasteiger partial charge in [0.1, 0.15) is 5.82 Å². The standard InChI is InChI=1S/C13H16ClFN2O/c1-8(12-9(14)4-2-5-10(12)15)17-13(18)11-6-3-7-16-11/h2,4-5,8,11,16H,3,6-7H2,1H3,(H,17,18). The van der Waals surface area contributed by atoms with E-state index in [0.29, 0.717) is 10.6 Å². The summed E-state index contributed by atoms with van der Waals surface area (Å²) in [5.41, 5.74) is 0.338. The SMILES string of the molecule is CC(NC(=O)C1CCCN1)c1c(F)cccc1Cl. The van der Waals surface area contributed by atoms with Crippen molar-refractivity contribution in [2.75, 3.05) is 6.54 Å². The van der Waals surface area contributed by atoms with Crippen LogP contribution in [0.3, 0.4) is 0 Å². The van der Waals surface area contributed by atoms with E-state index in [9.17, 15) is 9.18 Å². The molecule has 18 heavy (non-hydrogen) atoms. The third kappa shape index (κ3) is 2.82. The number of carbonyl (C=O) groups excluding carboxylic acids is 1. The van der Waals surface area contributed by atoms with Crippen molar-refractivity contribution in [2.45, 2.75) is 31.8 Å². The Kier molecular flexibility index (Phi) is 4.19. The minimum Gasteiger partial charge on any atom is -0.348 e. The molecule has 98 valence electrons. The van der Waals surface area contributed by atoms with Gasteiger partial charge in [-0.2, -0.15) is 0 Å². The predicted octanol–water partition coefficient (Wildman–Crippen LogP) is 2.41. The van der Waals surface area contributed by atoms with Gasteiger partial charge in [-0.25, -0.2) is 4.39 Å². The molecule has 1 saturated heterocycles. The van der Waals surface area contributed by atoms with Gasteiger partial charge in [0.25, 0.3) is 0 Å². The summed E-state index contributed by atoms with van der Waals surface area (Å²) in [6, 6.07) is 3.91. The molecule has 2 rings (SSSR count). The summed E-state index contributed by atoms with van der Waals surface area (Å²) >= 11 is 5.96. The molecule has 1 amide bonds. The number of rotatable bonds is 3. The number of benzene rings is 1. The van der Waals surface area contributed by atoms with Crippen LogP contribution < -0.4 is 10.6 Å². The lowest BCUT2D eigenvalue weighted by Gasteiger charge is -2.19. The van der Waals surface area contributed by atoms with Crippen LogP contribution in [0.25, 0.3) is 0 Å². The van der Waals surface area contributed by atoms with E-state index >= 15 is 0 Å². The molecule has 0 aliphatic carbocycles. The Morgan fingerprint density at radius 1 is 1.61 bits per heavy atom. The van der Waals surface area contributed by atoms with Gasteiger partial charge < -0.3 is 10.6 Å². The number of amides is 1. The van der Waals surface area contributed by atoms with Crippen LogP contribution in [0.1, 0.15) is 31.4 Å². The van der Waals surface area contributed by atoms with Crippen molar-refractivity contribution in [3.05, 3.63) is 34.6 Å². The number of hydrogen-bond donors (Lipinski definition) is 2. The summed E-state index contributed by atoms with van der Waals surface area (Å²) in [5, 5.41) is 6.23. The number of carbonyl (C=O) groups is 1. The molecule has 2 N–H and O–H groups in total. The fourth-order valence-corrected chi connectivity index (χ4v) is 2.55. The van der Waals surface area contributed by atoms with Gasteiger partial charge in [0.15, 0.2) is 0 Å². The molecule has 0 saturated carbocycles. The van der Waals surface area contributed by atoms with Crippen LogP contribution in [0, 0.1) is 5.82 Å². The second-order valence-electron chi connectivity index (χ2n) is 4.51. The molecule has 1 fully saturated rings. The molecule has 1 aromatic carbocycles. The van der Waals surface area contributed by atoms with E-state index in [0.717, 1.165) is 19.4 Å². The lowest BCUT2D eigenvalue weighted by atomic mass is 10.1. The lowest BCUT2D eigenvalue weighted by molar-refractivity contribution is -0.123. The van der Waals surface area contributed by atoms with Gasteiger partial charge in [-0.15, -0.1) is 0 Å². The summed E-state index contributed by atoms with van der Waals surface area (Å²) in [6.45, 7) is 2.59. The Hall–Kier alpha value is -1.13. The minimum absolute atomic E-state index is 0.0979. The Morgan fingerprint density at radius 2 is 2.39 bits per heavy atom. The van der Waals surface area contributed by atoms with Crippen molar-refractivity contribution in [1.82, 2.24) is 10.6 Å². The van der Waals surface area contributed by atoms with Crippen molar-refractivity contribution in [2.24, 2.45) is 0 Å². The molecule has 0 aromatic heterocycles. The first-order valence-corrected chi connectivity index (χ1v) is 6.45. The zero-order valence-corrected chi connectivity index (χ0v) is 10.9. The Balaban J connectivity index is 2.07. The van der Waals surface area contributed by atoms with Crippen molar-refractivity contribution in [3.63, 3.8) is 0 Å². The van der Waals surface area contributed by atoms with Gasteiger partial charge in [-0.3, -0.25) is 4.79 Å². The first-order chi connectivity index (χ1) is 8.59. The van der Waals surface area contributed by atoms with Gasteiger partial charge in [-0.1, -0.05) is 17.7 Å². The van der Waals surface area contributed by atoms with E-state index in [2.05, 4.69) is 10.6 Å². The number of halogens is 2. The van der Waals surface area contributed by atoms with Gasteiger partial charge in [-0.05, 0) is 38.4 Å². The largest absolute Gasteiger partial charge is 0.348 e. The highest BCUT2D eigenvalue weighted by Crippen LogP contribution is 2.25. The van der Waals surface area contributed by atoms with E-state index < -0.39 is 11.9 Å². The fourth-order valence-electron chi connectivity index (χ4n) is 2.22. The molecule has 1 aromatic rings. The van der Waals surface area contributed by atoms with Crippen LogP contribution in [-0.4, -0.2) is 18.5 Å². The lowest BCUT2D eigenvalue weighted by Crippen LogP contribution is -2.41. The van der Waals surface area contributed by atoms with Crippen LogP contribution in [0.2, 0.25) is 5.02 Å². The van der Waals surface area contributed by atoms with E-state index in [1.54, 1.807) is 19.1 Å². The molecule has 1 aliphatic heterocycles. The summed E-state index contributed by atoms with van der Waals surface area (Å²) < 4.78 is 13.7. The molecule has 0 radical (unpaired) electrons. The average molecular weight is 271 g/mol. The zero-order valence-electron chi connectivity index (χ0n) is 10.2. The molecule has 3 nitrogen and oxygen atoms in total. The van der Waals surface area contributed by atoms with Crippen LogP contribution in [-0.2, 0) is 4.79 Å². The van der Waals surface area contributed by atoms with Crippen molar-refractivity contribution < 1.29 is 9.18 Å². The van der Waals surface area contributed by atoms with Gasteiger partial charge in [0.05, 0.1) is 12.1 Å². The van der Waals surface area contributed by atoms with E-state index in [-0.39, 0.29) is 11.9 Å². The second kappa shape index (κ2) is 5.67. The van der Waals surface area contributed by atoms with Gasteiger partial charge in [0.2, 0.25) is 5.91 Å². The highest BCUT2D eigenvalue weighted by Gasteiger charge is 2.24. The third-order valence-electron chi connectivity index (χ3n) is 3.17. The quantitative estimate of drug-likeness (QED) is 0.886. The van der Waals surface area contributed by atoms with Gasteiger partial charge >= 0.3 is 0 Å². The molecule has 2 unspecified atom stereocenters. The first-order valence-electron chi connectivity index (χ1n) is 6.07. The molecule has 0 bridgehead atoms. The monoisotopic (exact) mass is 270 g/mol. The van der Waals surface area contributed by atoms with E-state index in [4.69, 9.17) is 11.6 Å². The Bertz CT molecular complexity index is 426. The normalized spacial score (nSPS) is 20.7. The van der Waals surface area contributed by atoms with Crippen LogP contribution >= 0.6 is 11.6 Å². The molecule has 2 atom stereocenters. The molecule has 5 heteroatoms. The Morgan fingerprint density at radius 3 is 3.00 bits per heavy atom. The maximum Gasteiger partial charge on any atom is 0.237 e. The average Bonchev–Trinajstić information content (AvgIpc) is 2.81. The number of hydrogen-bond acceptors (Lipinski definition) is 2. The second-order valence-corrected chi connectivity index (χ2v) is 4.92. The maximum absolute atomic E-state index is 13.7. The summed E-state index contributed by atoms with van der Waals surface area (Å²) in [7, 11) is 0. The smallest absolute Gasteiger partial charge is 0.237 e. The predicted molar refractivity (Wildman–Crippen MR) is 69.0 cm³/mol. The van der Waals surface area contributed by atoms with E-state index in [1.165, 1.54) is 6.07 Å². The van der Waals surface area contributed by atoms with Crippen LogP contribution in [0.5, 0.6) is 0 Å². The highest BCUT2D eigenvalue weighted by atomic mass is 35.5. The first kappa shape index (κ1) is 13.3. The summed E-state index contributed by atoms with van der Waals surface area (Å²) in [5.74, 6) is -0.492. The highest BCUT2D eigenvalue weighted by molar-refractivity contribution is 6.31. The molecular weight excluding hydrogens is 255 g/mol. The maximum atomic E-state index is 13.7. The van der Waals surface area contributed by atoms with Crippen LogP contribution in [0.4, 0.5) is 4.39 Å². The van der Waals surface area contributed by atoms with Crippen molar-refractivity contribution in [1.29, 1.82) is 0 Å². The van der Waals surface area contributed by atoms with Crippen molar-refractivity contribution >= 4 is 17.5 Å². The Labute approximate surface area is 111 Å². The molecule has 1 heterocycles. The van der Waals surface area contributed by atoms with E-state index in [1.807, 2.05) is 0 Å². The minimum atomic E-state index is -0.436. The fraction of sp³-hybridized carbons (Fsp3) is 0.462. The van der Waals surface area contributed by atoms with Gasteiger partial charge in [0, 0.05) is 10.6 Å². The zero-order chi connectivity index (χ0) is 13.1. The summed E-state index contributed by atoms with van der Waals surface area (Å²) in [6.07, 6.45) is 1.82. The van der Waals surface area contributed by atoms with Crippen molar-refractivity contribution in [3.8, 4) is 0 Å². The molecule has 1 aliphatic rings. The molecule has 0 spiro atoms. The third-order valence-corrected chi connectivity index (χ3v) is 3.50. The van der Waals surface area contributed by atoms with Crippen LogP contribution in [0.15, 0.2) is 18.2 Å².